The van der Waals surface area contributed by atoms with Gasteiger partial charge >= 0.3 is 0 Å². The highest BCUT2D eigenvalue weighted by atomic mass is 31.1. The van der Waals surface area contributed by atoms with E-state index in [-0.39, 0.29) is 0 Å². The number of unbranched alkanes of at least 4 members (excludes halogenated alkanes) is 12. The third kappa shape index (κ3) is 16.6. The summed E-state index contributed by atoms with van der Waals surface area (Å²) in [4.78, 5) is 0. The van der Waals surface area contributed by atoms with Gasteiger partial charge < -0.3 is 0 Å². The molecule has 0 rings (SSSR count). The van der Waals surface area contributed by atoms with Gasteiger partial charge in [0.25, 0.3) is 0 Å². The van der Waals surface area contributed by atoms with Crippen molar-refractivity contribution in [3.63, 3.8) is 0 Å². The topological polar surface area (TPSA) is 0 Å². The summed E-state index contributed by atoms with van der Waals surface area (Å²) in [5, 5.41) is 0. The van der Waals surface area contributed by atoms with Crippen LogP contribution in [-0.4, -0.2) is 18.0 Å². The third-order valence-corrected chi connectivity index (χ3v) is 9.21. The van der Waals surface area contributed by atoms with Gasteiger partial charge in [-0.1, -0.05) is 118 Å². The fourth-order valence-corrected chi connectivity index (χ4v) is 7.52. The zero-order valence-corrected chi connectivity index (χ0v) is 20.1. The summed E-state index contributed by atoms with van der Waals surface area (Å²) in [6.07, 6.45) is 29.6. The normalized spacial score (nSPS) is 12.8. The van der Waals surface area contributed by atoms with Gasteiger partial charge in [0.2, 0.25) is 0 Å². The van der Waals surface area contributed by atoms with Gasteiger partial charge in [0.1, 0.15) is 0 Å². The largest absolute Gasteiger partial charge is 0.104 e. The van der Waals surface area contributed by atoms with Crippen LogP contribution >= 0.6 is 7.92 Å². The summed E-state index contributed by atoms with van der Waals surface area (Å²) in [7, 11) is 0.304. The van der Waals surface area contributed by atoms with Gasteiger partial charge in [-0.05, 0) is 43.7 Å². The lowest BCUT2D eigenvalue weighted by atomic mass is 10.1. The van der Waals surface area contributed by atoms with Crippen molar-refractivity contribution in [2.24, 2.45) is 0 Å². The molecular weight excluding hydrogens is 331 g/mol. The molecule has 0 saturated carbocycles. The Hall–Kier alpha value is 0.430. The van der Waals surface area contributed by atoms with Crippen molar-refractivity contribution < 1.29 is 0 Å². The van der Waals surface area contributed by atoms with E-state index in [1.165, 1.54) is 109 Å². The van der Waals surface area contributed by atoms with Gasteiger partial charge in [0.05, 0.1) is 0 Å². The van der Waals surface area contributed by atoms with Crippen LogP contribution in [0.4, 0.5) is 0 Å². The molecule has 0 bridgehead atoms. The third-order valence-electron chi connectivity index (χ3n) is 5.88. The summed E-state index contributed by atoms with van der Waals surface area (Å²) < 4.78 is 0. The summed E-state index contributed by atoms with van der Waals surface area (Å²) in [6, 6.07) is 0. The molecule has 0 aliphatic carbocycles. The molecular formula is C25H53P. The van der Waals surface area contributed by atoms with Crippen LogP contribution in [0, 0.1) is 0 Å². The van der Waals surface area contributed by atoms with E-state index in [4.69, 9.17) is 0 Å². The average molecular weight is 385 g/mol. The first-order valence-electron chi connectivity index (χ1n) is 12.5. The molecule has 0 heterocycles. The van der Waals surface area contributed by atoms with Gasteiger partial charge in [-0.15, -0.1) is 7.92 Å². The maximum absolute atomic E-state index is 2.41. The number of hydrogen-bond donors (Lipinski definition) is 0. The maximum Gasteiger partial charge on any atom is -0.0209 e. The lowest BCUT2D eigenvalue weighted by Crippen LogP contribution is -2.10. The quantitative estimate of drug-likeness (QED) is 0.136. The second-order valence-corrected chi connectivity index (χ2v) is 11.3. The highest BCUT2D eigenvalue weighted by Crippen LogP contribution is 2.47. The minimum Gasteiger partial charge on any atom is -0.104 e. The lowest BCUT2D eigenvalue weighted by molar-refractivity contribution is 0.597. The van der Waals surface area contributed by atoms with E-state index in [2.05, 4.69) is 27.7 Å². The van der Waals surface area contributed by atoms with Crippen molar-refractivity contribution in [3.8, 4) is 0 Å². The molecule has 0 aliphatic rings. The highest BCUT2D eigenvalue weighted by molar-refractivity contribution is 7.58. The summed E-state index contributed by atoms with van der Waals surface area (Å²) in [5.74, 6) is 0. The van der Waals surface area contributed by atoms with Gasteiger partial charge in [0.15, 0.2) is 0 Å². The fourth-order valence-electron chi connectivity index (χ4n) is 4.14. The van der Waals surface area contributed by atoms with Crippen molar-refractivity contribution in [2.75, 3.05) is 12.3 Å². The molecule has 1 atom stereocenters. The standard InChI is InChI=1S/C25H53P/c1-5-9-12-14-16-19-23-26(24-20-17-15-13-10-6-2)25(21-8-4)22-18-11-7-3/h25H,5-24H2,1-4H3. The molecule has 0 fully saturated rings. The minimum atomic E-state index is 0.304. The van der Waals surface area contributed by atoms with Crippen molar-refractivity contribution >= 4 is 7.92 Å². The summed E-state index contributed by atoms with van der Waals surface area (Å²) in [6.45, 7) is 9.41. The van der Waals surface area contributed by atoms with Gasteiger partial charge in [-0.25, -0.2) is 0 Å². The molecule has 0 aliphatic heterocycles. The van der Waals surface area contributed by atoms with Gasteiger partial charge in [-0.3, -0.25) is 0 Å². The van der Waals surface area contributed by atoms with Gasteiger partial charge in [0, 0.05) is 0 Å². The zero-order valence-electron chi connectivity index (χ0n) is 19.2. The first-order chi connectivity index (χ1) is 12.8. The smallest absolute Gasteiger partial charge is 0.0209 e. The highest BCUT2D eigenvalue weighted by Gasteiger charge is 2.19. The van der Waals surface area contributed by atoms with Crippen LogP contribution in [0.3, 0.4) is 0 Å². The van der Waals surface area contributed by atoms with E-state index in [1.54, 1.807) is 18.7 Å². The van der Waals surface area contributed by atoms with Crippen LogP contribution in [0.25, 0.3) is 0 Å². The van der Waals surface area contributed by atoms with Crippen molar-refractivity contribution in [1.82, 2.24) is 0 Å². The molecule has 0 saturated heterocycles. The molecule has 1 heteroatoms. The summed E-state index contributed by atoms with van der Waals surface area (Å²) >= 11 is 0. The fraction of sp³-hybridized carbons (Fsp3) is 1.00. The van der Waals surface area contributed by atoms with Crippen LogP contribution in [0.15, 0.2) is 0 Å². The Bertz CT molecular complexity index is 235. The van der Waals surface area contributed by atoms with E-state index in [0.29, 0.717) is 7.92 Å². The van der Waals surface area contributed by atoms with E-state index in [1.807, 2.05) is 0 Å². The Kier molecular flexibility index (Phi) is 22.1. The molecule has 0 aromatic heterocycles. The van der Waals surface area contributed by atoms with Crippen LogP contribution in [-0.2, 0) is 0 Å². The SMILES string of the molecule is CCCCCCCCP(CCCCCCCC)C(CCC)CCCCC. The molecule has 0 spiro atoms. The van der Waals surface area contributed by atoms with Crippen molar-refractivity contribution in [1.29, 1.82) is 0 Å². The molecule has 0 nitrogen and oxygen atoms in total. The molecule has 0 radical (unpaired) electrons. The Morgan fingerprint density at radius 1 is 0.423 bits per heavy atom. The molecule has 0 aromatic rings. The van der Waals surface area contributed by atoms with Gasteiger partial charge in [-0.2, -0.15) is 0 Å². The Labute approximate surface area is 169 Å². The second kappa shape index (κ2) is 21.7. The molecule has 0 aromatic carbocycles. The van der Waals surface area contributed by atoms with Crippen molar-refractivity contribution in [2.45, 2.75) is 149 Å². The first kappa shape index (κ1) is 26.4. The average Bonchev–Trinajstić information content (AvgIpc) is 2.65. The minimum absolute atomic E-state index is 0.304. The van der Waals surface area contributed by atoms with Crippen LogP contribution < -0.4 is 0 Å². The zero-order chi connectivity index (χ0) is 19.3. The van der Waals surface area contributed by atoms with E-state index >= 15 is 0 Å². The second-order valence-electron chi connectivity index (χ2n) is 8.51. The van der Waals surface area contributed by atoms with E-state index in [0.717, 1.165) is 5.66 Å². The van der Waals surface area contributed by atoms with Crippen LogP contribution in [0.1, 0.15) is 143 Å². The Morgan fingerprint density at radius 2 is 0.846 bits per heavy atom. The summed E-state index contributed by atoms with van der Waals surface area (Å²) in [5.41, 5.74) is 1.09. The maximum atomic E-state index is 2.41. The first-order valence-corrected chi connectivity index (χ1v) is 14.3. The Morgan fingerprint density at radius 3 is 1.31 bits per heavy atom. The monoisotopic (exact) mass is 384 g/mol. The van der Waals surface area contributed by atoms with Crippen molar-refractivity contribution in [3.05, 3.63) is 0 Å². The molecule has 0 N–H and O–H groups in total. The number of hydrogen-bond acceptors (Lipinski definition) is 0. The van der Waals surface area contributed by atoms with Crippen LogP contribution in [0.5, 0.6) is 0 Å². The molecule has 158 valence electrons. The molecule has 1 unspecified atom stereocenters. The van der Waals surface area contributed by atoms with Crippen LogP contribution in [0.2, 0.25) is 0 Å². The lowest BCUT2D eigenvalue weighted by Gasteiger charge is -2.28. The predicted octanol–water partition coefficient (Wildman–Crippen LogP) is 9.94. The Balaban J connectivity index is 4.27. The van der Waals surface area contributed by atoms with E-state index < -0.39 is 0 Å². The predicted molar refractivity (Wildman–Crippen MR) is 126 cm³/mol. The number of rotatable bonds is 21. The van der Waals surface area contributed by atoms with E-state index in [9.17, 15) is 0 Å². The molecule has 26 heavy (non-hydrogen) atoms. The molecule has 0 amide bonds.